The zero-order valence-corrected chi connectivity index (χ0v) is 20.6. The van der Waals surface area contributed by atoms with Gasteiger partial charge in [0.15, 0.2) is 5.11 Å². The zero-order valence-electron chi connectivity index (χ0n) is 18.2. The Morgan fingerprint density at radius 1 is 1.06 bits per heavy atom. The monoisotopic (exact) mass is 492 g/mol. The maximum atomic E-state index is 12.5. The van der Waals surface area contributed by atoms with Crippen molar-refractivity contribution in [3.63, 3.8) is 0 Å². The summed E-state index contributed by atoms with van der Waals surface area (Å²) in [7, 11) is 0. The lowest BCUT2D eigenvalue weighted by Crippen LogP contribution is -2.49. The van der Waals surface area contributed by atoms with Gasteiger partial charge in [0.05, 0.1) is 10.0 Å². The molecule has 1 heterocycles. The van der Waals surface area contributed by atoms with Crippen LogP contribution in [0.1, 0.15) is 30.9 Å². The van der Waals surface area contributed by atoms with Crippen LogP contribution in [0.2, 0.25) is 10.0 Å². The van der Waals surface area contributed by atoms with Crippen LogP contribution in [-0.2, 0) is 17.9 Å². The van der Waals surface area contributed by atoms with Crippen molar-refractivity contribution in [3.05, 3.63) is 69.7 Å². The number of hydrogen-bond donors (Lipinski definition) is 3. The predicted molar refractivity (Wildman–Crippen MR) is 136 cm³/mol. The first-order chi connectivity index (χ1) is 15.4. The Balaban J connectivity index is 1.32. The van der Waals surface area contributed by atoms with Crippen molar-refractivity contribution in [2.45, 2.75) is 38.9 Å². The molecule has 0 aliphatic carbocycles. The van der Waals surface area contributed by atoms with E-state index in [1.165, 1.54) is 5.56 Å². The fourth-order valence-corrected chi connectivity index (χ4v) is 4.30. The Morgan fingerprint density at radius 2 is 1.78 bits per heavy atom. The SMILES string of the molecule is C[C@H](NC(=S)NCc1ccccc1)C(=O)NCC1CCN(Cc2ccc(Cl)c(Cl)c2)CC1. The fraction of sp³-hybridized carbons (Fsp3) is 0.417. The largest absolute Gasteiger partial charge is 0.359 e. The smallest absolute Gasteiger partial charge is 0.242 e. The van der Waals surface area contributed by atoms with Crippen molar-refractivity contribution in [1.29, 1.82) is 0 Å². The van der Waals surface area contributed by atoms with E-state index < -0.39 is 0 Å². The lowest BCUT2D eigenvalue weighted by molar-refractivity contribution is -0.122. The Labute approximate surface area is 205 Å². The molecule has 1 aliphatic rings. The number of piperidine rings is 1. The van der Waals surface area contributed by atoms with Gasteiger partial charge >= 0.3 is 0 Å². The van der Waals surface area contributed by atoms with E-state index >= 15 is 0 Å². The molecule has 3 rings (SSSR count). The van der Waals surface area contributed by atoms with Gasteiger partial charge in [0.2, 0.25) is 5.91 Å². The molecule has 0 bridgehead atoms. The van der Waals surface area contributed by atoms with Gasteiger partial charge in [0.25, 0.3) is 0 Å². The molecular weight excluding hydrogens is 463 g/mol. The highest BCUT2D eigenvalue weighted by Crippen LogP contribution is 2.24. The van der Waals surface area contributed by atoms with Gasteiger partial charge in [-0.25, -0.2) is 0 Å². The molecule has 1 amide bonds. The van der Waals surface area contributed by atoms with Crippen molar-refractivity contribution in [2.24, 2.45) is 5.92 Å². The average Bonchev–Trinajstić information content (AvgIpc) is 2.80. The second kappa shape index (κ2) is 12.4. The number of halogens is 2. The normalized spacial score (nSPS) is 15.7. The number of nitrogens with one attached hydrogen (secondary N) is 3. The average molecular weight is 494 g/mol. The number of likely N-dealkylation sites (tertiary alicyclic amines) is 1. The molecule has 2 aromatic rings. The quantitative estimate of drug-likeness (QED) is 0.477. The minimum atomic E-state index is -0.388. The van der Waals surface area contributed by atoms with Gasteiger partial charge in [-0.15, -0.1) is 0 Å². The van der Waals surface area contributed by atoms with Crippen LogP contribution in [-0.4, -0.2) is 41.6 Å². The lowest BCUT2D eigenvalue weighted by atomic mass is 9.96. The Hall–Kier alpha value is -1.86. The Bertz CT molecular complexity index is 904. The predicted octanol–water partition coefficient (Wildman–Crippen LogP) is 4.37. The highest BCUT2D eigenvalue weighted by atomic mass is 35.5. The van der Waals surface area contributed by atoms with Crippen LogP contribution in [0.3, 0.4) is 0 Å². The summed E-state index contributed by atoms with van der Waals surface area (Å²) in [6, 6.07) is 15.4. The van der Waals surface area contributed by atoms with E-state index in [4.69, 9.17) is 35.4 Å². The molecule has 8 heteroatoms. The summed E-state index contributed by atoms with van der Waals surface area (Å²) >= 11 is 17.4. The number of hydrogen-bond acceptors (Lipinski definition) is 3. The molecule has 0 radical (unpaired) electrons. The van der Waals surface area contributed by atoms with Gasteiger partial charge in [-0.05, 0) is 74.3 Å². The van der Waals surface area contributed by atoms with Gasteiger partial charge in [-0.1, -0.05) is 59.6 Å². The third-order valence-corrected chi connectivity index (χ3v) is 6.70. The minimum absolute atomic E-state index is 0.0351. The van der Waals surface area contributed by atoms with E-state index in [-0.39, 0.29) is 11.9 Å². The molecule has 3 N–H and O–H groups in total. The second-order valence-electron chi connectivity index (χ2n) is 8.25. The van der Waals surface area contributed by atoms with Gasteiger partial charge in [-0.3, -0.25) is 9.69 Å². The Kier molecular flexibility index (Phi) is 9.60. The standard InChI is InChI=1S/C24H30Cl2N4OS/c1-17(29-24(32)28-15-18-5-3-2-4-6-18)23(31)27-14-19-9-11-30(12-10-19)16-20-7-8-21(25)22(26)13-20/h2-8,13,17,19H,9-12,14-16H2,1H3,(H,27,31)(H2,28,29,32)/t17-/m0/s1. The van der Waals surface area contributed by atoms with E-state index in [9.17, 15) is 4.79 Å². The van der Waals surface area contributed by atoms with Crippen molar-refractivity contribution in [1.82, 2.24) is 20.9 Å². The van der Waals surface area contributed by atoms with E-state index in [0.29, 0.717) is 34.2 Å². The zero-order chi connectivity index (χ0) is 22.9. The number of carbonyl (C=O) groups is 1. The first kappa shape index (κ1) is 24.8. The van der Waals surface area contributed by atoms with Crippen molar-refractivity contribution < 1.29 is 4.79 Å². The van der Waals surface area contributed by atoms with Crippen molar-refractivity contribution in [2.75, 3.05) is 19.6 Å². The summed E-state index contributed by atoms with van der Waals surface area (Å²) in [5.74, 6) is 0.450. The summed E-state index contributed by atoms with van der Waals surface area (Å²) in [6.45, 7) is 6.01. The number of benzene rings is 2. The molecule has 1 saturated heterocycles. The number of nitrogens with zero attached hydrogens (tertiary/aromatic N) is 1. The molecule has 1 fully saturated rings. The van der Waals surface area contributed by atoms with E-state index in [2.05, 4.69) is 20.9 Å². The van der Waals surface area contributed by atoms with Crippen LogP contribution < -0.4 is 16.0 Å². The molecule has 172 valence electrons. The molecule has 0 saturated carbocycles. The van der Waals surface area contributed by atoms with Crippen LogP contribution in [0.4, 0.5) is 0 Å². The van der Waals surface area contributed by atoms with Crippen LogP contribution >= 0.6 is 35.4 Å². The molecular formula is C24H30Cl2N4OS. The lowest BCUT2D eigenvalue weighted by Gasteiger charge is -2.32. The number of carbonyl (C=O) groups excluding carboxylic acids is 1. The summed E-state index contributed by atoms with van der Waals surface area (Å²) in [5.41, 5.74) is 2.31. The molecule has 0 spiro atoms. The third-order valence-electron chi connectivity index (χ3n) is 5.70. The van der Waals surface area contributed by atoms with Crippen molar-refractivity contribution in [3.8, 4) is 0 Å². The molecule has 32 heavy (non-hydrogen) atoms. The van der Waals surface area contributed by atoms with Crippen molar-refractivity contribution >= 4 is 46.4 Å². The van der Waals surface area contributed by atoms with Gasteiger partial charge in [0, 0.05) is 19.6 Å². The molecule has 2 aromatic carbocycles. The maximum Gasteiger partial charge on any atom is 0.242 e. The van der Waals surface area contributed by atoms with Crippen LogP contribution in [0.15, 0.2) is 48.5 Å². The summed E-state index contributed by atoms with van der Waals surface area (Å²) in [5, 5.41) is 10.9. The Morgan fingerprint density at radius 3 is 2.47 bits per heavy atom. The minimum Gasteiger partial charge on any atom is -0.359 e. The number of thiocarbonyl (C=S) groups is 1. The first-order valence-corrected chi connectivity index (χ1v) is 12.1. The van der Waals surface area contributed by atoms with Crippen LogP contribution in [0, 0.1) is 5.92 Å². The van der Waals surface area contributed by atoms with E-state index in [0.717, 1.165) is 38.0 Å². The molecule has 1 atom stereocenters. The highest BCUT2D eigenvalue weighted by molar-refractivity contribution is 7.80. The summed E-state index contributed by atoms with van der Waals surface area (Å²) in [6.07, 6.45) is 2.11. The third kappa shape index (κ3) is 7.93. The van der Waals surface area contributed by atoms with Crippen LogP contribution in [0.25, 0.3) is 0 Å². The fourth-order valence-electron chi connectivity index (χ4n) is 3.73. The molecule has 0 aromatic heterocycles. The summed E-state index contributed by atoms with van der Waals surface area (Å²) < 4.78 is 0. The first-order valence-electron chi connectivity index (χ1n) is 10.9. The van der Waals surface area contributed by atoms with Gasteiger partial charge < -0.3 is 16.0 Å². The number of rotatable bonds is 8. The van der Waals surface area contributed by atoms with Gasteiger partial charge in [-0.2, -0.15) is 0 Å². The summed E-state index contributed by atoms with van der Waals surface area (Å²) in [4.78, 5) is 14.9. The van der Waals surface area contributed by atoms with E-state index in [1.807, 2.05) is 55.5 Å². The van der Waals surface area contributed by atoms with Crippen LogP contribution in [0.5, 0.6) is 0 Å². The van der Waals surface area contributed by atoms with Gasteiger partial charge in [0.1, 0.15) is 6.04 Å². The number of amides is 1. The highest BCUT2D eigenvalue weighted by Gasteiger charge is 2.21. The molecule has 5 nitrogen and oxygen atoms in total. The molecule has 0 unspecified atom stereocenters. The topological polar surface area (TPSA) is 56.4 Å². The second-order valence-corrected chi connectivity index (χ2v) is 9.47. The maximum absolute atomic E-state index is 12.5. The van der Waals surface area contributed by atoms with E-state index in [1.54, 1.807) is 0 Å². The molecule has 1 aliphatic heterocycles.